The second kappa shape index (κ2) is 11.0. The number of hydrogen-bond donors (Lipinski definition) is 2. The van der Waals surface area contributed by atoms with Gasteiger partial charge in [-0.2, -0.15) is 0 Å². The fourth-order valence-electron chi connectivity index (χ4n) is 3.89. The van der Waals surface area contributed by atoms with Crippen LogP contribution >= 0.6 is 11.3 Å². The van der Waals surface area contributed by atoms with E-state index in [-0.39, 0.29) is 12.1 Å². The summed E-state index contributed by atoms with van der Waals surface area (Å²) in [6, 6.07) is 4.07. The number of carbonyl (C=O) groups excluding carboxylic acids is 2. The van der Waals surface area contributed by atoms with Crippen molar-refractivity contribution >= 4 is 23.2 Å². The summed E-state index contributed by atoms with van der Waals surface area (Å²) in [5.41, 5.74) is 0. The molecule has 29 heavy (non-hydrogen) atoms. The van der Waals surface area contributed by atoms with Crippen molar-refractivity contribution in [2.24, 2.45) is 0 Å². The lowest BCUT2D eigenvalue weighted by Gasteiger charge is -2.40. The molecule has 3 rings (SSSR count). The van der Waals surface area contributed by atoms with Crippen molar-refractivity contribution in [2.45, 2.75) is 19.0 Å². The number of ether oxygens (including phenoxy) is 1. The number of nitrogens with one attached hydrogen (secondary N) is 2. The van der Waals surface area contributed by atoms with Gasteiger partial charge in [-0.25, -0.2) is 0 Å². The SMILES string of the molecule is C[C@H](NC(=O)C(=O)NCCN1CCOCC1)[C@@H](c1cccs1)N1CCN(C)CC1. The molecule has 9 heteroatoms. The highest BCUT2D eigenvalue weighted by atomic mass is 32.1. The molecule has 162 valence electrons. The van der Waals surface area contributed by atoms with Crippen molar-refractivity contribution < 1.29 is 14.3 Å². The van der Waals surface area contributed by atoms with Crippen LogP contribution in [0, 0.1) is 0 Å². The molecule has 0 spiro atoms. The van der Waals surface area contributed by atoms with Crippen molar-refractivity contribution in [3.63, 3.8) is 0 Å². The van der Waals surface area contributed by atoms with Crippen molar-refractivity contribution in [2.75, 3.05) is 72.6 Å². The number of hydrogen-bond acceptors (Lipinski definition) is 7. The van der Waals surface area contributed by atoms with Gasteiger partial charge < -0.3 is 20.3 Å². The predicted molar refractivity (Wildman–Crippen MR) is 114 cm³/mol. The van der Waals surface area contributed by atoms with Gasteiger partial charge in [0.1, 0.15) is 0 Å². The standard InChI is InChI=1S/C20H33N5O3S/c1-16(18(17-4-3-15-29-17)25-9-7-23(2)8-10-25)22-20(27)19(26)21-5-6-24-11-13-28-14-12-24/h3-4,15-16,18H,5-14H2,1-2H3,(H,21,26)(H,22,27)/t16-,18-/m0/s1. The maximum absolute atomic E-state index is 12.5. The van der Waals surface area contributed by atoms with Crippen LogP contribution in [0.4, 0.5) is 0 Å². The second-order valence-corrected chi connectivity index (χ2v) is 8.75. The summed E-state index contributed by atoms with van der Waals surface area (Å²) in [6.07, 6.45) is 0. The first kappa shape index (κ1) is 22.2. The second-order valence-electron chi connectivity index (χ2n) is 7.77. The average molecular weight is 424 g/mol. The van der Waals surface area contributed by atoms with Gasteiger partial charge in [-0.05, 0) is 25.4 Å². The number of amides is 2. The zero-order chi connectivity index (χ0) is 20.6. The van der Waals surface area contributed by atoms with E-state index >= 15 is 0 Å². The van der Waals surface area contributed by atoms with E-state index in [1.54, 1.807) is 11.3 Å². The van der Waals surface area contributed by atoms with Crippen LogP contribution in [0.1, 0.15) is 17.8 Å². The molecule has 2 N–H and O–H groups in total. The third-order valence-electron chi connectivity index (χ3n) is 5.62. The summed E-state index contributed by atoms with van der Waals surface area (Å²) < 4.78 is 5.32. The normalized spacial score (nSPS) is 21.4. The topological polar surface area (TPSA) is 77.1 Å². The van der Waals surface area contributed by atoms with Gasteiger partial charge in [0.15, 0.2) is 0 Å². The Morgan fingerprint density at radius 3 is 2.52 bits per heavy atom. The van der Waals surface area contributed by atoms with Crippen LogP contribution in [-0.2, 0) is 14.3 Å². The maximum Gasteiger partial charge on any atom is 0.309 e. The van der Waals surface area contributed by atoms with E-state index in [0.29, 0.717) is 6.54 Å². The molecule has 0 aliphatic carbocycles. The number of likely N-dealkylation sites (N-methyl/N-ethyl adjacent to an activating group) is 1. The summed E-state index contributed by atoms with van der Waals surface area (Å²) in [7, 11) is 2.13. The molecule has 2 amide bonds. The molecule has 2 fully saturated rings. The molecular weight excluding hydrogens is 390 g/mol. The van der Waals surface area contributed by atoms with E-state index in [0.717, 1.165) is 59.0 Å². The van der Waals surface area contributed by atoms with E-state index in [2.05, 4.69) is 43.8 Å². The fraction of sp³-hybridized carbons (Fsp3) is 0.700. The average Bonchev–Trinajstić information content (AvgIpc) is 3.24. The van der Waals surface area contributed by atoms with Crippen LogP contribution in [-0.4, -0.2) is 105 Å². The number of carbonyl (C=O) groups is 2. The van der Waals surface area contributed by atoms with Gasteiger partial charge in [-0.1, -0.05) is 6.07 Å². The van der Waals surface area contributed by atoms with Crippen LogP contribution in [0.2, 0.25) is 0 Å². The Hall–Kier alpha value is -1.52. The van der Waals surface area contributed by atoms with Gasteiger partial charge in [0.05, 0.1) is 19.3 Å². The maximum atomic E-state index is 12.5. The fourth-order valence-corrected chi connectivity index (χ4v) is 4.85. The summed E-state index contributed by atoms with van der Waals surface area (Å²) in [5, 5.41) is 7.74. The number of piperazine rings is 1. The summed E-state index contributed by atoms with van der Waals surface area (Å²) in [6.45, 7) is 10.3. The van der Waals surface area contributed by atoms with E-state index in [1.807, 2.05) is 13.0 Å². The monoisotopic (exact) mass is 423 g/mol. The van der Waals surface area contributed by atoms with Crippen LogP contribution < -0.4 is 10.6 Å². The quantitative estimate of drug-likeness (QED) is 0.601. The van der Waals surface area contributed by atoms with E-state index in [9.17, 15) is 9.59 Å². The minimum Gasteiger partial charge on any atom is -0.379 e. The lowest BCUT2D eigenvalue weighted by atomic mass is 10.0. The number of nitrogens with zero attached hydrogens (tertiary/aromatic N) is 3. The molecule has 2 aliphatic rings. The third-order valence-corrected chi connectivity index (χ3v) is 6.56. The zero-order valence-corrected chi connectivity index (χ0v) is 18.2. The highest BCUT2D eigenvalue weighted by Crippen LogP contribution is 2.29. The zero-order valence-electron chi connectivity index (χ0n) is 17.4. The van der Waals surface area contributed by atoms with Crippen LogP contribution in [0.15, 0.2) is 17.5 Å². The highest BCUT2D eigenvalue weighted by Gasteiger charge is 2.31. The molecule has 0 bridgehead atoms. The Labute approximate surface area is 177 Å². The summed E-state index contributed by atoms with van der Waals surface area (Å²) in [4.78, 5) is 32.9. The Morgan fingerprint density at radius 2 is 1.86 bits per heavy atom. The molecule has 0 radical (unpaired) electrons. The van der Waals surface area contributed by atoms with Crippen LogP contribution in [0.5, 0.6) is 0 Å². The highest BCUT2D eigenvalue weighted by molar-refractivity contribution is 7.10. The van der Waals surface area contributed by atoms with E-state index in [1.165, 1.54) is 4.88 Å². The molecule has 0 unspecified atom stereocenters. The number of morpholine rings is 1. The minimum atomic E-state index is -0.562. The Balaban J connectivity index is 1.50. The molecule has 0 aromatic carbocycles. The van der Waals surface area contributed by atoms with E-state index in [4.69, 9.17) is 4.74 Å². The molecule has 3 heterocycles. The van der Waals surface area contributed by atoms with Gasteiger partial charge in [0.25, 0.3) is 0 Å². The van der Waals surface area contributed by atoms with E-state index < -0.39 is 11.8 Å². The molecule has 1 aromatic rings. The van der Waals surface area contributed by atoms with Gasteiger partial charge >= 0.3 is 11.8 Å². The first-order chi connectivity index (χ1) is 14.0. The van der Waals surface area contributed by atoms with Crippen molar-refractivity contribution in [1.82, 2.24) is 25.3 Å². The smallest absolute Gasteiger partial charge is 0.309 e. The van der Waals surface area contributed by atoms with Gasteiger partial charge in [0, 0.05) is 63.3 Å². The number of rotatable bonds is 7. The molecule has 2 aliphatic heterocycles. The van der Waals surface area contributed by atoms with Crippen molar-refractivity contribution in [3.05, 3.63) is 22.4 Å². The molecule has 8 nitrogen and oxygen atoms in total. The van der Waals surface area contributed by atoms with Crippen molar-refractivity contribution in [3.8, 4) is 0 Å². The summed E-state index contributed by atoms with van der Waals surface area (Å²) >= 11 is 1.70. The van der Waals surface area contributed by atoms with Gasteiger partial charge in [-0.15, -0.1) is 11.3 Å². The molecule has 2 atom stereocenters. The Kier molecular flexibility index (Phi) is 8.43. The summed E-state index contributed by atoms with van der Waals surface area (Å²) in [5.74, 6) is -1.12. The lowest BCUT2D eigenvalue weighted by molar-refractivity contribution is -0.139. The van der Waals surface area contributed by atoms with Gasteiger partial charge in [-0.3, -0.25) is 19.4 Å². The molecule has 1 aromatic heterocycles. The Morgan fingerprint density at radius 1 is 1.14 bits per heavy atom. The van der Waals surface area contributed by atoms with Gasteiger partial charge in [0.2, 0.25) is 0 Å². The van der Waals surface area contributed by atoms with Crippen LogP contribution in [0.25, 0.3) is 0 Å². The largest absolute Gasteiger partial charge is 0.379 e. The number of thiophene rings is 1. The minimum absolute atomic E-state index is 0.0776. The lowest BCUT2D eigenvalue weighted by Crippen LogP contribution is -2.53. The Bertz CT molecular complexity index is 643. The molecular formula is C20H33N5O3S. The van der Waals surface area contributed by atoms with Crippen LogP contribution in [0.3, 0.4) is 0 Å². The first-order valence-corrected chi connectivity index (χ1v) is 11.3. The first-order valence-electron chi connectivity index (χ1n) is 10.4. The van der Waals surface area contributed by atoms with Crippen molar-refractivity contribution in [1.29, 1.82) is 0 Å². The molecule has 0 saturated carbocycles. The predicted octanol–water partition coefficient (Wildman–Crippen LogP) is -0.0103. The third kappa shape index (κ3) is 6.48. The molecule has 2 saturated heterocycles.